The van der Waals surface area contributed by atoms with Crippen LogP contribution in [0.5, 0.6) is 0 Å². The van der Waals surface area contributed by atoms with E-state index in [-0.39, 0.29) is 11.1 Å². The number of benzene rings is 1. The molecule has 0 amide bonds. The van der Waals surface area contributed by atoms with Crippen molar-refractivity contribution in [2.45, 2.75) is 0 Å². The maximum atomic E-state index is 11.2. The second kappa shape index (κ2) is 2.76. The summed E-state index contributed by atoms with van der Waals surface area (Å²) in [5.74, 6) is 0. The van der Waals surface area contributed by atoms with E-state index in [2.05, 4.69) is 4.98 Å². The molecule has 3 heteroatoms. The van der Waals surface area contributed by atoms with Crippen molar-refractivity contribution in [1.82, 2.24) is 4.98 Å². The lowest BCUT2D eigenvalue weighted by Crippen LogP contribution is -2.09. The standard InChI is InChI=1S/C10H6N2O/c11-5-9-8-4-2-1-3-7(8)6-12-10(9)13/h1-4,6H,(H,12,13). The van der Waals surface area contributed by atoms with Crippen LogP contribution >= 0.6 is 0 Å². The molecule has 1 aromatic carbocycles. The molecule has 0 aliphatic rings. The van der Waals surface area contributed by atoms with Crippen LogP contribution in [0.25, 0.3) is 10.8 Å². The van der Waals surface area contributed by atoms with E-state index in [9.17, 15) is 4.79 Å². The molecule has 2 rings (SSSR count). The highest BCUT2D eigenvalue weighted by Gasteiger charge is 2.02. The van der Waals surface area contributed by atoms with Crippen LogP contribution < -0.4 is 5.56 Å². The highest BCUT2D eigenvalue weighted by molar-refractivity contribution is 5.86. The van der Waals surface area contributed by atoms with Crippen LogP contribution in [-0.4, -0.2) is 4.98 Å². The van der Waals surface area contributed by atoms with Gasteiger partial charge in [0, 0.05) is 11.6 Å². The maximum Gasteiger partial charge on any atom is 0.266 e. The predicted molar refractivity (Wildman–Crippen MR) is 49.3 cm³/mol. The number of rotatable bonds is 0. The number of nitriles is 1. The average Bonchev–Trinajstić information content (AvgIpc) is 2.18. The van der Waals surface area contributed by atoms with Crippen molar-refractivity contribution in [1.29, 1.82) is 5.26 Å². The number of nitrogens with zero attached hydrogens (tertiary/aromatic N) is 1. The fourth-order valence-electron chi connectivity index (χ4n) is 1.30. The Labute approximate surface area is 74.3 Å². The van der Waals surface area contributed by atoms with Crippen LogP contribution in [0, 0.1) is 11.3 Å². The fourth-order valence-corrected chi connectivity index (χ4v) is 1.30. The van der Waals surface area contributed by atoms with Crippen LogP contribution in [0.2, 0.25) is 0 Å². The van der Waals surface area contributed by atoms with E-state index in [1.807, 2.05) is 24.3 Å². The summed E-state index contributed by atoms with van der Waals surface area (Å²) in [6.07, 6.45) is 1.61. The van der Waals surface area contributed by atoms with Crippen molar-refractivity contribution < 1.29 is 0 Å². The number of hydrogen-bond donors (Lipinski definition) is 1. The third-order valence-corrected chi connectivity index (χ3v) is 1.93. The summed E-state index contributed by atoms with van der Waals surface area (Å²) in [6, 6.07) is 9.19. The molecule has 1 heterocycles. The Morgan fingerprint density at radius 3 is 2.85 bits per heavy atom. The predicted octanol–water partition coefficient (Wildman–Crippen LogP) is 1.40. The molecule has 0 aliphatic carbocycles. The van der Waals surface area contributed by atoms with Crippen molar-refractivity contribution in [3.63, 3.8) is 0 Å². The van der Waals surface area contributed by atoms with Crippen molar-refractivity contribution >= 4 is 10.8 Å². The molecule has 0 aliphatic heterocycles. The third-order valence-electron chi connectivity index (χ3n) is 1.93. The molecular weight excluding hydrogens is 164 g/mol. The lowest BCUT2D eigenvalue weighted by molar-refractivity contribution is 1.24. The number of nitrogens with one attached hydrogen (secondary N) is 1. The summed E-state index contributed by atoms with van der Waals surface area (Å²) in [6.45, 7) is 0. The van der Waals surface area contributed by atoms with E-state index in [1.54, 1.807) is 12.3 Å². The zero-order valence-corrected chi connectivity index (χ0v) is 6.74. The second-order valence-electron chi connectivity index (χ2n) is 2.69. The first-order valence-corrected chi connectivity index (χ1v) is 3.83. The molecule has 0 radical (unpaired) electrons. The SMILES string of the molecule is N#Cc1c(=O)[nH]cc2ccccc12. The smallest absolute Gasteiger partial charge is 0.266 e. The summed E-state index contributed by atoms with van der Waals surface area (Å²) in [4.78, 5) is 13.7. The van der Waals surface area contributed by atoms with Gasteiger partial charge in [0.25, 0.3) is 5.56 Å². The average molecular weight is 170 g/mol. The van der Waals surface area contributed by atoms with Crippen LogP contribution in [0.1, 0.15) is 5.56 Å². The summed E-state index contributed by atoms with van der Waals surface area (Å²) >= 11 is 0. The Morgan fingerprint density at radius 2 is 2.08 bits per heavy atom. The molecule has 0 bridgehead atoms. The highest BCUT2D eigenvalue weighted by Crippen LogP contribution is 2.12. The van der Waals surface area contributed by atoms with Crippen molar-refractivity contribution in [2.24, 2.45) is 0 Å². The van der Waals surface area contributed by atoms with Gasteiger partial charge in [-0.3, -0.25) is 4.79 Å². The molecule has 0 fully saturated rings. The fraction of sp³-hybridized carbons (Fsp3) is 0. The van der Waals surface area contributed by atoms with Crippen LogP contribution in [0.15, 0.2) is 35.3 Å². The first-order chi connectivity index (χ1) is 6.33. The summed E-state index contributed by atoms with van der Waals surface area (Å²) in [5.41, 5.74) is -0.153. The Morgan fingerprint density at radius 1 is 1.31 bits per heavy atom. The minimum absolute atomic E-state index is 0.179. The van der Waals surface area contributed by atoms with Crippen LogP contribution in [-0.2, 0) is 0 Å². The molecule has 62 valence electrons. The minimum atomic E-state index is -0.332. The van der Waals surface area contributed by atoms with E-state index < -0.39 is 0 Å². The molecule has 2 aromatic rings. The van der Waals surface area contributed by atoms with Gasteiger partial charge in [-0.15, -0.1) is 0 Å². The van der Waals surface area contributed by atoms with Gasteiger partial charge in [-0.2, -0.15) is 5.26 Å². The van der Waals surface area contributed by atoms with Gasteiger partial charge in [-0.05, 0) is 5.39 Å². The van der Waals surface area contributed by atoms with Gasteiger partial charge in [0.05, 0.1) is 0 Å². The molecule has 13 heavy (non-hydrogen) atoms. The number of aromatic nitrogens is 1. The van der Waals surface area contributed by atoms with Crippen molar-refractivity contribution in [3.8, 4) is 6.07 Å². The van der Waals surface area contributed by atoms with Gasteiger partial charge in [-0.25, -0.2) is 0 Å². The second-order valence-corrected chi connectivity index (χ2v) is 2.69. The molecule has 1 N–H and O–H groups in total. The summed E-state index contributed by atoms with van der Waals surface area (Å²) < 4.78 is 0. The molecule has 0 unspecified atom stereocenters. The van der Waals surface area contributed by atoms with Gasteiger partial charge in [0.1, 0.15) is 11.6 Å². The van der Waals surface area contributed by atoms with Gasteiger partial charge < -0.3 is 4.98 Å². The molecule has 0 spiro atoms. The lowest BCUT2D eigenvalue weighted by Gasteiger charge is -1.96. The molecular formula is C10H6N2O. The molecule has 3 nitrogen and oxygen atoms in total. The molecule has 1 aromatic heterocycles. The maximum absolute atomic E-state index is 11.2. The highest BCUT2D eigenvalue weighted by atomic mass is 16.1. The number of fused-ring (bicyclic) bond motifs is 1. The van der Waals surface area contributed by atoms with E-state index in [1.165, 1.54) is 0 Å². The van der Waals surface area contributed by atoms with Gasteiger partial charge >= 0.3 is 0 Å². The zero-order chi connectivity index (χ0) is 9.26. The third kappa shape index (κ3) is 1.09. The molecule has 0 atom stereocenters. The van der Waals surface area contributed by atoms with Gasteiger partial charge in [-0.1, -0.05) is 24.3 Å². The first-order valence-electron chi connectivity index (χ1n) is 3.83. The topological polar surface area (TPSA) is 56.6 Å². The largest absolute Gasteiger partial charge is 0.327 e. The van der Waals surface area contributed by atoms with Gasteiger partial charge in [0.15, 0.2) is 0 Å². The lowest BCUT2D eigenvalue weighted by atomic mass is 10.1. The van der Waals surface area contributed by atoms with Crippen molar-refractivity contribution in [3.05, 3.63) is 46.4 Å². The van der Waals surface area contributed by atoms with E-state index >= 15 is 0 Å². The zero-order valence-electron chi connectivity index (χ0n) is 6.74. The Hall–Kier alpha value is -2.08. The monoisotopic (exact) mass is 170 g/mol. The van der Waals surface area contributed by atoms with E-state index in [0.29, 0.717) is 5.39 Å². The Balaban J connectivity index is 3.03. The summed E-state index contributed by atoms with van der Waals surface area (Å²) in [5, 5.41) is 10.3. The summed E-state index contributed by atoms with van der Waals surface area (Å²) in [7, 11) is 0. The number of H-pyrrole nitrogens is 1. The van der Waals surface area contributed by atoms with Crippen molar-refractivity contribution in [2.75, 3.05) is 0 Å². The van der Waals surface area contributed by atoms with Gasteiger partial charge in [0.2, 0.25) is 0 Å². The number of hydrogen-bond acceptors (Lipinski definition) is 2. The molecule has 0 saturated carbocycles. The number of aromatic amines is 1. The van der Waals surface area contributed by atoms with Crippen LogP contribution in [0.3, 0.4) is 0 Å². The van der Waals surface area contributed by atoms with Crippen LogP contribution in [0.4, 0.5) is 0 Å². The number of pyridine rings is 1. The van der Waals surface area contributed by atoms with E-state index in [0.717, 1.165) is 5.39 Å². The molecule has 0 saturated heterocycles. The Kier molecular flexibility index (Phi) is 1.60. The van der Waals surface area contributed by atoms with E-state index in [4.69, 9.17) is 5.26 Å². The minimum Gasteiger partial charge on any atom is -0.327 e. The normalized spacial score (nSPS) is 9.77. The first kappa shape index (κ1) is 7.56. The Bertz CT molecular complexity index is 549. The quantitative estimate of drug-likeness (QED) is 0.649.